The van der Waals surface area contributed by atoms with E-state index in [1.807, 2.05) is 17.0 Å². The molecule has 0 aromatic carbocycles. The number of hydrogen-bond acceptors (Lipinski definition) is 6. The first kappa shape index (κ1) is 15.8. The van der Waals surface area contributed by atoms with E-state index in [0.717, 1.165) is 51.1 Å². The zero-order valence-corrected chi connectivity index (χ0v) is 13.7. The van der Waals surface area contributed by atoms with E-state index in [4.69, 9.17) is 9.47 Å². The SMILES string of the molecule is O=C(C1CCNN1)N1CCC2(CC1)CC(Oc1cccnc1)CO2. The van der Waals surface area contributed by atoms with Gasteiger partial charge in [0, 0.05) is 32.3 Å². The number of piperidine rings is 1. The summed E-state index contributed by atoms with van der Waals surface area (Å²) in [5.41, 5.74) is 5.94. The molecular weight excluding hydrogens is 308 g/mol. The number of carbonyl (C=O) groups excluding carboxylic acids is 1. The van der Waals surface area contributed by atoms with Crippen molar-refractivity contribution < 1.29 is 14.3 Å². The van der Waals surface area contributed by atoms with Crippen LogP contribution in [0.3, 0.4) is 0 Å². The van der Waals surface area contributed by atoms with Crippen molar-refractivity contribution in [3.63, 3.8) is 0 Å². The molecule has 1 aromatic heterocycles. The van der Waals surface area contributed by atoms with Gasteiger partial charge in [0.1, 0.15) is 17.9 Å². The highest BCUT2D eigenvalue weighted by atomic mass is 16.6. The minimum absolute atomic E-state index is 0.0668. The van der Waals surface area contributed by atoms with E-state index < -0.39 is 0 Å². The molecule has 3 aliphatic heterocycles. The number of aromatic nitrogens is 1. The molecule has 2 atom stereocenters. The highest BCUT2D eigenvalue weighted by Crippen LogP contribution is 2.37. The molecule has 0 saturated carbocycles. The van der Waals surface area contributed by atoms with Gasteiger partial charge in [-0.2, -0.15) is 0 Å². The third-order valence-electron chi connectivity index (χ3n) is 5.23. The molecule has 4 rings (SSSR count). The van der Waals surface area contributed by atoms with Crippen LogP contribution < -0.4 is 15.6 Å². The number of nitrogens with one attached hydrogen (secondary N) is 2. The van der Waals surface area contributed by atoms with E-state index in [1.54, 1.807) is 12.4 Å². The Bertz CT molecular complexity index is 568. The smallest absolute Gasteiger partial charge is 0.241 e. The van der Waals surface area contributed by atoms with E-state index in [-0.39, 0.29) is 23.7 Å². The summed E-state index contributed by atoms with van der Waals surface area (Å²) < 4.78 is 12.1. The van der Waals surface area contributed by atoms with E-state index in [9.17, 15) is 4.79 Å². The lowest BCUT2D eigenvalue weighted by Gasteiger charge is -2.39. The fourth-order valence-electron chi connectivity index (χ4n) is 3.86. The van der Waals surface area contributed by atoms with Crippen LogP contribution >= 0.6 is 0 Å². The van der Waals surface area contributed by atoms with Gasteiger partial charge in [-0.25, -0.2) is 5.43 Å². The molecule has 130 valence electrons. The molecule has 0 bridgehead atoms. The second-order valence-electron chi connectivity index (χ2n) is 6.86. The zero-order valence-electron chi connectivity index (χ0n) is 13.7. The fraction of sp³-hybridized carbons (Fsp3) is 0.647. The molecule has 1 amide bonds. The number of hydrogen-bond donors (Lipinski definition) is 2. The average Bonchev–Trinajstić information content (AvgIpc) is 3.27. The summed E-state index contributed by atoms with van der Waals surface area (Å²) in [7, 11) is 0. The number of nitrogens with zero attached hydrogens (tertiary/aromatic N) is 2. The van der Waals surface area contributed by atoms with Crippen molar-refractivity contribution in [1.82, 2.24) is 20.7 Å². The second kappa shape index (κ2) is 6.66. The molecule has 3 aliphatic rings. The summed E-state index contributed by atoms with van der Waals surface area (Å²) >= 11 is 0. The normalized spacial score (nSPS) is 29.1. The van der Waals surface area contributed by atoms with Crippen LogP contribution in [0.5, 0.6) is 5.75 Å². The summed E-state index contributed by atoms with van der Waals surface area (Å²) in [5.74, 6) is 0.992. The van der Waals surface area contributed by atoms with Gasteiger partial charge in [-0.15, -0.1) is 0 Å². The average molecular weight is 332 g/mol. The Balaban J connectivity index is 1.30. The predicted molar refractivity (Wildman–Crippen MR) is 87.3 cm³/mol. The molecule has 2 unspecified atom stereocenters. The first-order valence-electron chi connectivity index (χ1n) is 8.72. The Morgan fingerprint density at radius 3 is 3.00 bits per heavy atom. The van der Waals surface area contributed by atoms with E-state index in [2.05, 4.69) is 15.8 Å². The van der Waals surface area contributed by atoms with Crippen molar-refractivity contribution in [2.24, 2.45) is 0 Å². The standard InChI is InChI=1S/C17H24N4O3/c22-16(15-3-7-19-20-15)21-8-4-17(5-9-21)10-14(12-23-17)24-13-2-1-6-18-11-13/h1-2,6,11,14-15,19-20H,3-5,7-10,12H2. The molecule has 7 nitrogen and oxygen atoms in total. The fourth-order valence-corrected chi connectivity index (χ4v) is 3.86. The highest BCUT2D eigenvalue weighted by Gasteiger charge is 2.45. The first-order valence-corrected chi connectivity index (χ1v) is 8.72. The quantitative estimate of drug-likeness (QED) is 0.838. The lowest BCUT2D eigenvalue weighted by atomic mass is 9.87. The Kier molecular flexibility index (Phi) is 4.39. The van der Waals surface area contributed by atoms with Crippen molar-refractivity contribution in [3.8, 4) is 5.75 Å². The topological polar surface area (TPSA) is 75.7 Å². The molecule has 7 heteroatoms. The minimum atomic E-state index is -0.134. The maximum Gasteiger partial charge on any atom is 0.241 e. The highest BCUT2D eigenvalue weighted by molar-refractivity contribution is 5.82. The Labute approximate surface area is 141 Å². The summed E-state index contributed by atoms with van der Waals surface area (Å²) in [6, 6.07) is 3.71. The predicted octanol–water partition coefficient (Wildman–Crippen LogP) is 0.477. The van der Waals surface area contributed by atoms with Crippen molar-refractivity contribution in [2.45, 2.75) is 43.4 Å². The van der Waals surface area contributed by atoms with Gasteiger partial charge in [0.05, 0.1) is 18.4 Å². The lowest BCUT2D eigenvalue weighted by molar-refractivity contribution is -0.138. The third kappa shape index (κ3) is 3.24. The van der Waals surface area contributed by atoms with Gasteiger partial charge >= 0.3 is 0 Å². The van der Waals surface area contributed by atoms with Crippen molar-refractivity contribution in [1.29, 1.82) is 0 Å². The molecule has 1 aromatic rings. The lowest BCUT2D eigenvalue weighted by Crippen LogP contribution is -2.52. The number of pyridine rings is 1. The summed E-state index contributed by atoms with van der Waals surface area (Å²) in [4.78, 5) is 18.5. The second-order valence-corrected chi connectivity index (χ2v) is 6.86. The van der Waals surface area contributed by atoms with Gasteiger partial charge in [-0.05, 0) is 31.4 Å². The maximum absolute atomic E-state index is 12.5. The minimum Gasteiger partial charge on any atom is -0.486 e. The Hall–Kier alpha value is -1.70. The Morgan fingerprint density at radius 1 is 1.42 bits per heavy atom. The van der Waals surface area contributed by atoms with Crippen LogP contribution in [0, 0.1) is 0 Å². The number of likely N-dealkylation sites (tertiary alicyclic amines) is 1. The van der Waals surface area contributed by atoms with Crippen LogP contribution in [0.4, 0.5) is 0 Å². The van der Waals surface area contributed by atoms with Gasteiger partial charge in [-0.1, -0.05) is 0 Å². The number of carbonyl (C=O) groups is 1. The molecule has 2 N–H and O–H groups in total. The number of hydrazine groups is 1. The number of rotatable bonds is 3. The van der Waals surface area contributed by atoms with Crippen molar-refractivity contribution in [3.05, 3.63) is 24.5 Å². The van der Waals surface area contributed by atoms with Crippen LogP contribution in [0.25, 0.3) is 0 Å². The zero-order chi connectivity index (χ0) is 16.4. The molecule has 3 fully saturated rings. The molecule has 4 heterocycles. The number of ether oxygens (including phenoxy) is 2. The maximum atomic E-state index is 12.5. The van der Waals surface area contributed by atoms with Crippen LogP contribution in [-0.2, 0) is 9.53 Å². The van der Waals surface area contributed by atoms with E-state index >= 15 is 0 Å². The summed E-state index contributed by atoms with van der Waals surface area (Å²) in [5, 5.41) is 0. The van der Waals surface area contributed by atoms with Crippen molar-refractivity contribution >= 4 is 5.91 Å². The largest absolute Gasteiger partial charge is 0.486 e. The van der Waals surface area contributed by atoms with E-state index in [0.29, 0.717) is 6.61 Å². The third-order valence-corrected chi connectivity index (χ3v) is 5.23. The Morgan fingerprint density at radius 2 is 2.29 bits per heavy atom. The molecule has 0 aliphatic carbocycles. The first-order chi connectivity index (χ1) is 11.7. The summed E-state index contributed by atoms with van der Waals surface area (Å²) in [6.07, 6.45) is 7.04. The summed E-state index contributed by atoms with van der Waals surface area (Å²) in [6.45, 7) is 2.98. The van der Waals surface area contributed by atoms with Gasteiger partial charge < -0.3 is 14.4 Å². The van der Waals surface area contributed by atoms with Crippen LogP contribution in [0.2, 0.25) is 0 Å². The van der Waals surface area contributed by atoms with Gasteiger partial charge in [-0.3, -0.25) is 15.2 Å². The molecule has 1 spiro atoms. The molecule has 0 radical (unpaired) electrons. The van der Waals surface area contributed by atoms with Gasteiger partial charge in [0.25, 0.3) is 0 Å². The van der Waals surface area contributed by atoms with Gasteiger partial charge in [0.15, 0.2) is 0 Å². The van der Waals surface area contributed by atoms with Crippen molar-refractivity contribution in [2.75, 3.05) is 26.2 Å². The van der Waals surface area contributed by atoms with Crippen LogP contribution in [-0.4, -0.2) is 59.8 Å². The molecule has 24 heavy (non-hydrogen) atoms. The monoisotopic (exact) mass is 332 g/mol. The molecule has 3 saturated heterocycles. The van der Waals surface area contributed by atoms with Crippen LogP contribution in [0.1, 0.15) is 25.7 Å². The number of amides is 1. The van der Waals surface area contributed by atoms with E-state index in [1.165, 1.54) is 0 Å². The molecular formula is C17H24N4O3. The van der Waals surface area contributed by atoms with Crippen LogP contribution in [0.15, 0.2) is 24.5 Å². The van der Waals surface area contributed by atoms with Gasteiger partial charge in [0.2, 0.25) is 5.91 Å².